The minimum Gasteiger partial charge on any atom is -0.490 e. The molecule has 30 heavy (non-hydrogen) atoms. The second-order valence-corrected chi connectivity index (χ2v) is 8.57. The summed E-state index contributed by atoms with van der Waals surface area (Å²) in [5.41, 5.74) is 0.104. The lowest BCUT2D eigenvalue weighted by molar-refractivity contribution is -0.159. The Morgan fingerprint density at radius 1 is 1.10 bits per heavy atom. The van der Waals surface area contributed by atoms with Gasteiger partial charge < -0.3 is 24.2 Å². The number of likely N-dealkylation sites (N-methyl/N-ethyl adjacent to an activating group) is 1. The molecular formula is C22H33N3O5. The third-order valence-corrected chi connectivity index (χ3v) is 4.49. The van der Waals surface area contributed by atoms with Gasteiger partial charge in [-0.1, -0.05) is 12.1 Å². The molecule has 0 saturated heterocycles. The standard InChI is InChI=1S/C22H33N3O5/c1-22(2,3)30-21(28)16-24(13-12-23(4)5)19(26)10-11-20(27)25-14-15-29-18-9-7-6-8-17(18)25/h6-9H,10-16H2,1-5H3. The van der Waals surface area contributed by atoms with Gasteiger partial charge in [-0.15, -0.1) is 0 Å². The molecule has 8 nitrogen and oxygen atoms in total. The number of carbonyl (C=O) groups is 3. The van der Waals surface area contributed by atoms with E-state index in [1.807, 2.05) is 43.3 Å². The van der Waals surface area contributed by atoms with Gasteiger partial charge in [0.15, 0.2) is 0 Å². The number of rotatable bonds is 8. The van der Waals surface area contributed by atoms with E-state index in [1.54, 1.807) is 25.7 Å². The number of amides is 2. The molecule has 0 saturated carbocycles. The number of nitrogens with zero attached hydrogens (tertiary/aromatic N) is 3. The Morgan fingerprint density at radius 3 is 2.47 bits per heavy atom. The van der Waals surface area contributed by atoms with E-state index in [0.29, 0.717) is 32.0 Å². The number of carbonyl (C=O) groups excluding carboxylic acids is 3. The first-order valence-corrected chi connectivity index (χ1v) is 10.2. The summed E-state index contributed by atoms with van der Waals surface area (Å²) in [6.45, 7) is 7.11. The molecule has 0 aliphatic carbocycles. The first-order valence-electron chi connectivity index (χ1n) is 10.2. The Morgan fingerprint density at radius 2 is 1.80 bits per heavy atom. The van der Waals surface area contributed by atoms with Crippen LogP contribution < -0.4 is 9.64 Å². The fraction of sp³-hybridized carbons (Fsp3) is 0.591. The molecule has 0 spiro atoms. The Labute approximate surface area is 178 Å². The quantitative estimate of drug-likeness (QED) is 0.599. The van der Waals surface area contributed by atoms with Crippen LogP contribution in [-0.2, 0) is 19.1 Å². The average molecular weight is 420 g/mol. The van der Waals surface area contributed by atoms with Crippen LogP contribution in [-0.4, -0.2) is 80.1 Å². The fourth-order valence-electron chi connectivity index (χ4n) is 3.08. The Hall–Kier alpha value is -2.61. The van der Waals surface area contributed by atoms with E-state index in [2.05, 4.69) is 0 Å². The second kappa shape index (κ2) is 10.4. The Kier molecular flexibility index (Phi) is 8.23. The molecule has 0 fully saturated rings. The summed E-state index contributed by atoms with van der Waals surface area (Å²) in [4.78, 5) is 42.8. The molecule has 1 aromatic rings. The highest BCUT2D eigenvalue weighted by Crippen LogP contribution is 2.31. The number of para-hydroxylation sites is 2. The van der Waals surface area contributed by atoms with Crippen LogP contribution in [0.15, 0.2) is 24.3 Å². The predicted molar refractivity (Wildman–Crippen MR) is 115 cm³/mol. The van der Waals surface area contributed by atoms with E-state index >= 15 is 0 Å². The van der Waals surface area contributed by atoms with Crippen LogP contribution in [0.1, 0.15) is 33.6 Å². The lowest BCUT2D eigenvalue weighted by Crippen LogP contribution is -2.43. The van der Waals surface area contributed by atoms with Gasteiger partial charge in [-0.25, -0.2) is 0 Å². The van der Waals surface area contributed by atoms with Crippen LogP contribution >= 0.6 is 0 Å². The first kappa shape index (κ1) is 23.7. The van der Waals surface area contributed by atoms with Gasteiger partial charge in [0.05, 0.1) is 12.2 Å². The third kappa shape index (κ3) is 7.33. The van der Waals surface area contributed by atoms with Gasteiger partial charge in [0.1, 0.15) is 24.5 Å². The maximum atomic E-state index is 12.8. The van der Waals surface area contributed by atoms with Gasteiger partial charge >= 0.3 is 5.97 Å². The van der Waals surface area contributed by atoms with E-state index in [4.69, 9.17) is 9.47 Å². The molecule has 1 heterocycles. The predicted octanol–water partition coefficient (Wildman–Crippen LogP) is 1.92. The highest BCUT2D eigenvalue weighted by molar-refractivity contribution is 5.97. The summed E-state index contributed by atoms with van der Waals surface area (Å²) in [6, 6.07) is 7.36. The van der Waals surface area contributed by atoms with Crippen molar-refractivity contribution < 1.29 is 23.9 Å². The Balaban J connectivity index is 1.97. The molecule has 1 aliphatic heterocycles. The lowest BCUT2D eigenvalue weighted by Gasteiger charge is -2.30. The molecule has 0 atom stereocenters. The van der Waals surface area contributed by atoms with Crippen molar-refractivity contribution in [2.75, 3.05) is 51.8 Å². The molecule has 0 N–H and O–H groups in total. The second-order valence-electron chi connectivity index (χ2n) is 8.57. The normalized spacial score (nSPS) is 13.5. The molecule has 2 rings (SSSR count). The molecule has 0 bridgehead atoms. The van der Waals surface area contributed by atoms with Gasteiger partial charge in [-0.05, 0) is 47.0 Å². The smallest absolute Gasteiger partial charge is 0.326 e. The van der Waals surface area contributed by atoms with Crippen LogP contribution in [0.5, 0.6) is 5.75 Å². The topological polar surface area (TPSA) is 79.4 Å². The number of hydrogen-bond donors (Lipinski definition) is 0. The van der Waals surface area contributed by atoms with Crippen LogP contribution in [0.25, 0.3) is 0 Å². The molecule has 166 valence electrons. The monoisotopic (exact) mass is 419 g/mol. The highest BCUT2D eigenvalue weighted by atomic mass is 16.6. The number of ether oxygens (including phenoxy) is 2. The summed E-state index contributed by atoms with van der Waals surface area (Å²) >= 11 is 0. The van der Waals surface area contributed by atoms with Crippen molar-refractivity contribution in [1.82, 2.24) is 9.80 Å². The first-order chi connectivity index (χ1) is 14.1. The molecule has 8 heteroatoms. The van der Waals surface area contributed by atoms with Crippen molar-refractivity contribution in [2.24, 2.45) is 0 Å². The van der Waals surface area contributed by atoms with E-state index in [9.17, 15) is 14.4 Å². The summed E-state index contributed by atoms with van der Waals surface area (Å²) in [5.74, 6) is -0.162. The zero-order chi connectivity index (χ0) is 22.3. The minimum absolute atomic E-state index is 0.0363. The molecule has 1 aromatic carbocycles. The van der Waals surface area contributed by atoms with E-state index < -0.39 is 11.6 Å². The zero-order valence-electron chi connectivity index (χ0n) is 18.6. The number of benzene rings is 1. The molecule has 0 aromatic heterocycles. The van der Waals surface area contributed by atoms with Crippen molar-refractivity contribution in [3.8, 4) is 5.75 Å². The molecular weight excluding hydrogens is 386 g/mol. The minimum atomic E-state index is -0.618. The lowest BCUT2D eigenvalue weighted by atomic mass is 10.2. The highest BCUT2D eigenvalue weighted by Gasteiger charge is 2.26. The van der Waals surface area contributed by atoms with Gasteiger partial charge in [-0.3, -0.25) is 14.4 Å². The van der Waals surface area contributed by atoms with E-state index in [0.717, 1.165) is 5.69 Å². The largest absolute Gasteiger partial charge is 0.490 e. The fourth-order valence-corrected chi connectivity index (χ4v) is 3.08. The van der Waals surface area contributed by atoms with Crippen LogP contribution in [0.3, 0.4) is 0 Å². The molecule has 1 aliphatic rings. The van der Waals surface area contributed by atoms with Crippen molar-refractivity contribution in [1.29, 1.82) is 0 Å². The van der Waals surface area contributed by atoms with Crippen molar-refractivity contribution in [3.63, 3.8) is 0 Å². The molecule has 0 radical (unpaired) electrons. The van der Waals surface area contributed by atoms with Gasteiger partial charge in [0, 0.05) is 25.9 Å². The number of anilines is 1. The van der Waals surface area contributed by atoms with Crippen LogP contribution in [0.4, 0.5) is 5.69 Å². The van der Waals surface area contributed by atoms with Crippen LogP contribution in [0.2, 0.25) is 0 Å². The van der Waals surface area contributed by atoms with Gasteiger partial charge in [0.2, 0.25) is 11.8 Å². The number of hydrogen-bond acceptors (Lipinski definition) is 6. The average Bonchev–Trinajstić information content (AvgIpc) is 2.67. The van der Waals surface area contributed by atoms with Gasteiger partial charge in [-0.2, -0.15) is 0 Å². The van der Waals surface area contributed by atoms with E-state index in [1.165, 1.54) is 4.90 Å². The van der Waals surface area contributed by atoms with Crippen LogP contribution in [0, 0.1) is 0 Å². The van der Waals surface area contributed by atoms with Gasteiger partial charge in [0.25, 0.3) is 0 Å². The van der Waals surface area contributed by atoms with Crippen molar-refractivity contribution >= 4 is 23.5 Å². The summed E-state index contributed by atoms with van der Waals surface area (Å²) in [5, 5.41) is 0. The van der Waals surface area contributed by atoms with Crippen molar-refractivity contribution in [2.45, 2.75) is 39.2 Å². The summed E-state index contributed by atoms with van der Waals surface area (Å²) in [6.07, 6.45) is 0.106. The summed E-state index contributed by atoms with van der Waals surface area (Å²) < 4.78 is 10.9. The number of esters is 1. The SMILES string of the molecule is CN(C)CCN(CC(=O)OC(C)(C)C)C(=O)CCC(=O)N1CCOc2ccccc21. The molecule has 0 unspecified atom stereocenters. The third-order valence-electron chi connectivity index (χ3n) is 4.49. The maximum absolute atomic E-state index is 12.8. The zero-order valence-corrected chi connectivity index (χ0v) is 18.6. The van der Waals surface area contributed by atoms with E-state index in [-0.39, 0.29) is 31.2 Å². The molecule has 2 amide bonds. The number of fused-ring (bicyclic) bond motifs is 1. The maximum Gasteiger partial charge on any atom is 0.326 e. The van der Waals surface area contributed by atoms with Crippen molar-refractivity contribution in [3.05, 3.63) is 24.3 Å². The Bertz CT molecular complexity index is 757. The summed E-state index contributed by atoms with van der Waals surface area (Å²) in [7, 11) is 3.80.